The second-order valence-electron chi connectivity index (χ2n) is 13.5. The Morgan fingerprint density at radius 1 is 0.944 bits per heavy atom. The van der Waals surface area contributed by atoms with Gasteiger partial charge < -0.3 is 15.5 Å². The van der Waals surface area contributed by atoms with Gasteiger partial charge in [-0.3, -0.25) is 4.79 Å². The van der Waals surface area contributed by atoms with Crippen molar-refractivity contribution >= 4 is 29.3 Å². The number of pyridine rings is 1. The average molecular weight is 764 g/mol. The number of ether oxygens (including phenoxy) is 1. The first-order valence-electron chi connectivity index (χ1n) is 19.8. The summed E-state index contributed by atoms with van der Waals surface area (Å²) >= 11 is 3.53. The highest BCUT2D eigenvalue weighted by Crippen LogP contribution is 2.40. The molecule has 1 aliphatic rings. The van der Waals surface area contributed by atoms with Crippen LogP contribution in [0.4, 0.5) is 8.78 Å². The molecule has 0 saturated heterocycles. The van der Waals surface area contributed by atoms with Gasteiger partial charge in [-0.05, 0) is 124 Å². The van der Waals surface area contributed by atoms with E-state index >= 15 is 0 Å². The van der Waals surface area contributed by atoms with Gasteiger partial charge in [-0.1, -0.05) is 92.4 Å². The van der Waals surface area contributed by atoms with Crippen molar-refractivity contribution in [2.45, 2.75) is 132 Å². The number of Topliss-reactive ketones (excluding diaryl/α,β-unsaturated/α-hetero) is 1. The van der Waals surface area contributed by atoms with Crippen molar-refractivity contribution in [1.82, 2.24) is 9.97 Å². The predicted octanol–water partition coefficient (Wildman–Crippen LogP) is 13.9. The molecule has 1 aliphatic carbocycles. The van der Waals surface area contributed by atoms with E-state index < -0.39 is 17.4 Å². The number of nitrogens with one attached hydrogen (secondary N) is 1. The first-order chi connectivity index (χ1) is 26.0. The molecule has 4 aromatic rings. The maximum Gasteiger partial charge on any atom is 0.219 e. The number of carbonyl (C=O) groups is 1. The standard InChI is InChI=1S/C24H32N2O.C15H15F2NO.C4H10.C2H6.CH4S/c1-5-7-17-8-10-18(11-9-17)21-14-22-19(12-15(21)3)13-23(26-22)24(27)20(6-2)16(4)25;1-3-5-11-9-18-14(8-10(11)2)19-15-12(16)6-4-7-13(15)17;1-3-4-2;2*1-2/h6,12-14,17-18,26H,2,5,7-11,25H2,1,3-4H3;4,6-9H,3,5H2,1-2H3;3-4H2,1-2H3;1-2H3;2H,1H3/b20-16-;;;;. The van der Waals surface area contributed by atoms with E-state index in [0.29, 0.717) is 22.9 Å². The molecule has 5 rings (SSSR count). The molecule has 0 atom stereocenters. The molecule has 0 aliphatic heterocycles. The largest absolute Gasteiger partial charge is 0.433 e. The van der Waals surface area contributed by atoms with E-state index in [1.807, 2.05) is 26.8 Å². The molecule has 0 unspecified atom stereocenters. The van der Waals surface area contributed by atoms with Crippen LogP contribution in [0.25, 0.3) is 10.9 Å². The monoisotopic (exact) mass is 763 g/mol. The van der Waals surface area contributed by atoms with Gasteiger partial charge in [0.2, 0.25) is 17.4 Å². The van der Waals surface area contributed by atoms with Crippen LogP contribution in [0.15, 0.2) is 72.6 Å². The maximum absolute atomic E-state index is 13.4. The molecule has 0 amide bonds. The maximum atomic E-state index is 13.4. The number of para-hydroxylation sites is 1. The lowest BCUT2D eigenvalue weighted by Crippen LogP contribution is -2.14. The SMILES string of the molecule is C=C/C(C(=O)c1cc2cc(C)c(C3CCC(CCC)CC3)cc2[nH]1)=C(\C)N.CC.CCCC.CCCc1cnc(Oc2c(F)cccc2F)cc1C.CS. The minimum atomic E-state index is -0.739. The van der Waals surface area contributed by atoms with Crippen molar-refractivity contribution in [3.63, 3.8) is 0 Å². The number of hydrogen-bond acceptors (Lipinski definition) is 5. The summed E-state index contributed by atoms with van der Waals surface area (Å²) < 4.78 is 32.1. The van der Waals surface area contributed by atoms with E-state index in [1.165, 1.54) is 74.6 Å². The third kappa shape index (κ3) is 14.4. The molecule has 3 N–H and O–H groups in total. The van der Waals surface area contributed by atoms with Crippen molar-refractivity contribution in [2.75, 3.05) is 6.26 Å². The fraction of sp³-hybridized carbons (Fsp3) is 0.478. The summed E-state index contributed by atoms with van der Waals surface area (Å²) in [5.74, 6) is -0.248. The fourth-order valence-corrected chi connectivity index (χ4v) is 6.45. The first-order valence-corrected chi connectivity index (χ1v) is 20.7. The third-order valence-electron chi connectivity index (χ3n) is 9.45. The number of allylic oxidation sites excluding steroid dienone is 3. The number of nitrogens with two attached hydrogens (primary N) is 1. The zero-order chi connectivity index (χ0) is 40.8. The van der Waals surface area contributed by atoms with Crippen LogP contribution in [0.2, 0.25) is 0 Å². The summed E-state index contributed by atoms with van der Waals surface area (Å²) in [6, 6.07) is 11.7. The fourth-order valence-electron chi connectivity index (χ4n) is 6.45. The lowest BCUT2D eigenvalue weighted by atomic mass is 9.76. The van der Waals surface area contributed by atoms with Gasteiger partial charge in [0.05, 0.1) is 5.69 Å². The van der Waals surface area contributed by atoms with Gasteiger partial charge in [-0.25, -0.2) is 13.8 Å². The second kappa shape index (κ2) is 26.0. The second-order valence-corrected chi connectivity index (χ2v) is 13.5. The molecule has 2 aromatic carbocycles. The summed E-state index contributed by atoms with van der Waals surface area (Å²) in [6.45, 7) is 22.3. The Morgan fingerprint density at radius 2 is 1.56 bits per heavy atom. The number of aryl methyl sites for hydroxylation is 3. The van der Waals surface area contributed by atoms with Gasteiger partial charge in [0.1, 0.15) is 0 Å². The topological polar surface area (TPSA) is 81.0 Å². The number of aromatic nitrogens is 2. The molecule has 298 valence electrons. The summed E-state index contributed by atoms with van der Waals surface area (Å²) in [5.41, 5.74) is 13.3. The highest BCUT2D eigenvalue weighted by atomic mass is 32.1. The van der Waals surface area contributed by atoms with E-state index in [1.54, 1.807) is 25.4 Å². The number of fused-ring (bicyclic) bond motifs is 1. The number of benzene rings is 2. The van der Waals surface area contributed by atoms with Crippen LogP contribution in [0.3, 0.4) is 0 Å². The number of aromatic amines is 1. The van der Waals surface area contributed by atoms with Crippen molar-refractivity contribution in [2.24, 2.45) is 11.7 Å². The van der Waals surface area contributed by atoms with E-state index in [0.717, 1.165) is 52.9 Å². The third-order valence-corrected chi connectivity index (χ3v) is 9.45. The molecule has 2 heterocycles. The van der Waals surface area contributed by atoms with Gasteiger partial charge in [-0.15, -0.1) is 0 Å². The van der Waals surface area contributed by atoms with Crippen molar-refractivity contribution in [1.29, 1.82) is 0 Å². The Hall–Kier alpha value is -3.91. The van der Waals surface area contributed by atoms with Crippen LogP contribution in [-0.4, -0.2) is 22.0 Å². The number of nitrogens with zero attached hydrogens (tertiary/aromatic N) is 1. The molecule has 0 spiro atoms. The van der Waals surface area contributed by atoms with Crippen molar-refractivity contribution < 1.29 is 18.3 Å². The van der Waals surface area contributed by atoms with Crippen LogP contribution >= 0.6 is 12.6 Å². The van der Waals surface area contributed by atoms with E-state index in [4.69, 9.17) is 10.5 Å². The number of rotatable bonds is 11. The van der Waals surface area contributed by atoms with Gasteiger partial charge in [0.15, 0.2) is 11.6 Å². The number of ketones is 1. The number of H-pyrrole nitrogens is 1. The lowest BCUT2D eigenvalue weighted by Gasteiger charge is -2.29. The average Bonchev–Trinajstić information content (AvgIpc) is 3.59. The molecule has 8 heteroatoms. The van der Waals surface area contributed by atoms with E-state index in [-0.39, 0.29) is 11.7 Å². The molecule has 0 radical (unpaired) electrons. The molecule has 1 saturated carbocycles. The van der Waals surface area contributed by atoms with Gasteiger partial charge in [0.25, 0.3) is 0 Å². The summed E-state index contributed by atoms with van der Waals surface area (Å²) in [5, 5.41) is 1.08. The zero-order valence-corrected chi connectivity index (χ0v) is 35.6. The number of thiol groups is 1. The molecule has 5 nitrogen and oxygen atoms in total. The van der Waals surface area contributed by atoms with Crippen LogP contribution in [0.5, 0.6) is 11.6 Å². The molecule has 0 bridgehead atoms. The van der Waals surface area contributed by atoms with Crippen molar-refractivity contribution in [3.8, 4) is 11.6 Å². The molecular weight excluding hydrogens is 697 g/mol. The highest BCUT2D eigenvalue weighted by Gasteiger charge is 2.24. The number of unbranched alkanes of at least 4 members (excludes halogenated alkanes) is 1. The summed E-state index contributed by atoms with van der Waals surface area (Å²) in [4.78, 5) is 20.1. The Balaban J connectivity index is 0.000000471. The Bertz CT molecular complexity index is 1730. The number of hydrogen-bond donors (Lipinski definition) is 3. The first kappa shape index (κ1) is 48.1. The van der Waals surface area contributed by atoms with Crippen LogP contribution in [0, 0.1) is 31.4 Å². The normalized spacial score (nSPS) is 15.1. The van der Waals surface area contributed by atoms with E-state index in [2.05, 4.69) is 75.9 Å². The molecule has 1 fully saturated rings. The predicted molar refractivity (Wildman–Crippen MR) is 230 cm³/mol. The molecule has 2 aromatic heterocycles. The Kier molecular flexibility index (Phi) is 23.2. The Labute approximate surface area is 330 Å². The quantitative estimate of drug-likeness (QED) is 0.0615. The molecule has 54 heavy (non-hydrogen) atoms. The van der Waals surface area contributed by atoms with Crippen molar-refractivity contribution in [3.05, 3.63) is 112 Å². The van der Waals surface area contributed by atoms with Crippen LogP contribution in [0.1, 0.15) is 145 Å². The number of carbonyl (C=O) groups excluding carboxylic acids is 1. The lowest BCUT2D eigenvalue weighted by molar-refractivity contribution is 0.103. The van der Waals surface area contributed by atoms with E-state index in [9.17, 15) is 13.6 Å². The van der Waals surface area contributed by atoms with Gasteiger partial charge in [-0.2, -0.15) is 12.6 Å². The van der Waals surface area contributed by atoms with Crippen LogP contribution < -0.4 is 10.5 Å². The van der Waals surface area contributed by atoms with Gasteiger partial charge >= 0.3 is 0 Å². The smallest absolute Gasteiger partial charge is 0.219 e. The minimum absolute atomic E-state index is 0.0968. The van der Waals surface area contributed by atoms with Gasteiger partial charge in [0, 0.05) is 34.4 Å². The van der Waals surface area contributed by atoms with Crippen LogP contribution in [-0.2, 0) is 6.42 Å². The highest BCUT2D eigenvalue weighted by molar-refractivity contribution is 7.79. The Morgan fingerprint density at radius 3 is 2.06 bits per heavy atom. The zero-order valence-electron chi connectivity index (χ0n) is 34.7. The molecular formula is C46H67F2N3O2S. The summed E-state index contributed by atoms with van der Waals surface area (Å²) in [7, 11) is 0. The summed E-state index contributed by atoms with van der Waals surface area (Å²) in [6.07, 6.45) is 17.4. The minimum Gasteiger partial charge on any atom is -0.433 e. The number of halogens is 2.